The first-order valence-corrected chi connectivity index (χ1v) is 25.7. The number of nitrogens with one attached hydrogen (secondary N) is 8. The Morgan fingerprint density at radius 2 is 1.14 bits per heavy atom. The van der Waals surface area contributed by atoms with Gasteiger partial charge in [0, 0.05) is 48.4 Å². The van der Waals surface area contributed by atoms with Gasteiger partial charge in [0.2, 0.25) is 11.8 Å². The summed E-state index contributed by atoms with van der Waals surface area (Å²) in [7, 11) is 7.99. The van der Waals surface area contributed by atoms with E-state index in [0.717, 1.165) is 90.8 Å². The Bertz CT molecular complexity index is 2560. The summed E-state index contributed by atoms with van der Waals surface area (Å²) in [6.45, 7) is 11.7. The molecule has 0 saturated heterocycles. The number of amides is 6. The summed E-state index contributed by atoms with van der Waals surface area (Å²) in [4.78, 5) is 62.3. The summed E-state index contributed by atoms with van der Waals surface area (Å²) in [5, 5.41) is 36.3. The molecule has 6 amide bonds. The molecule has 2 aliphatic heterocycles. The van der Waals surface area contributed by atoms with Gasteiger partial charge in [-0.2, -0.15) is 10.2 Å². The van der Waals surface area contributed by atoms with Gasteiger partial charge < -0.3 is 51.5 Å². The molecule has 0 radical (unpaired) electrons. The van der Waals surface area contributed by atoms with E-state index in [2.05, 4.69) is 58.5 Å². The molecular formula is C54H76N14O4. The summed E-state index contributed by atoms with van der Waals surface area (Å²) in [5.41, 5.74) is 4.20. The highest BCUT2D eigenvalue weighted by Gasteiger charge is 2.48. The number of carbonyl (C=O) groups is 4. The molecule has 2 saturated carbocycles. The maximum Gasteiger partial charge on any atom is 0.319 e. The smallest absolute Gasteiger partial charge is 0.319 e. The van der Waals surface area contributed by atoms with Crippen LogP contribution >= 0.6 is 0 Å². The van der Waals surface area contributed by atoms with Crippen molar-refractivity contribution in [3.8, 4) is 0 Å². The van der Waals surface area contributed by atoms with E-state index in [9.17, 15) is 19.2 Å². The van der Waals surface area contributed by atoms with Gasteiger partial charge in [0.1, 0.15) is 0 Å². The van der Waals surface area contributed by atoms with Crippen molar-refractivity contribution in [2.24, 2.45) is 0 Å². The third-order valence-electron chi connectivity index (χ3n) is 15.1. The Hall–Kier alpha value is -6.66. The molecule has 2 aliphatic carbocycles. The van der Waals surface area contributed by atoms with E-state index in [1.165, 1.54) is 6.08 Å². The summed E-state index contributed by atoms with van der Waals surface area (Å²) < 4.78 is 0. The van der Waals surface area contributed by atoms with Gasteiger partial charge in [-0.05, 0) is 130 Å². The Morgan fingerprint density at radius 3 is 1.65 bits per heavy atom. The van der Waals surface area contributed by atoms with Crippen molar-refractivity contribution in [1.82, 2.24) is 61.3 Å². The molecule has 0 spiro atoms. The summed E-state index contributed by atoms with van der Waals surface area (Å²) >= 11 is 0. The Balaban J connectivity index is 0.918. The second-order valence-electron chi connectivity index (χ2n) is 21.4. The van der Waals surface area contributed by atoms with E-state index in [0.29, 0.717) is 38.4 Å². The monoisotopic (exact) mass is 985 g/mol. The number of aromatic nitrogens is 4. The number of benzene rings is 2. The number of nitrogens with zero attached hydrogens (tertiary/aromatic N) is 6. The number of rotatable bonds is 18. The van der Waals surface area contributed by atoms with Crippen molar-refractivity contribution < 1.29 is 19.2 Å². The quantitative estimate of drug-likeness (QED) is 0.0492. The maximum absolute atomic E-state index is 14.6. The van der Waals surface area contributed by atoms with Gasteiger partial charge in [0.05, 0.1) is 47.6 Å². The number of fused-ring (bicyclic) bond motifs is 2. The van der Waals surface area contributed by atoms with Crippen molar-refractivity contribution in [3.05, 3.63) is 119 Å². The molecule has 8 N–H and O–H groups in total. The normalized spacial score (nSPS) is 23.3. The van der Waals surface area contributed by atoms with Gasteiger partial charge in [-0.1, -0.05) is 73.3 Å². The van der Waals surface area contributed by atoms with Gasteiger partial charge in [0.25, 0.3) is 0 Å². The van der Waals surface area contributed by atoms with Crippen molar-refractivity contribution in [2.75, 3.05) is 51.9 Å². The van der Waals surface area contributed by atoms with E-state index in [1.807, 2.05) is 126 Å². The molecule has 2 aromatic carbocycles. The molecule has 8 rings (SSSR count). The second-order valence-corrected chi connectivity index (χ2v) is 21.4. The van der Waals surface area contributed by atoms with Gasteiger partial charge in [-0.15, -0.1) is 0 Å². The minimum Gasteiger partial charge on any atom is -0.366 e. The molecule has 18 nitrogen and oxygen atoms in total. The number of anilines is 2. The number of hydrogen-bond acceptors (Lipinski definition) is 10. The molecule has 7 atom stereocenters. The molecular weight excluding hydrogens is 909 g/mol. The topological polar surface area (TPSA) is 211 Å². The number of aromatic amines is 2. The highest BCUT2D eigenvalue weighted by molar-refractivity contribution is 5.88. The lowest BCUT2D eigenvalue weighted by Gasteiger charge is -2.36. The number of likely N-dealkylation sites (N-methyl/N-ethyl adjacent to an activating group) is 2. The highest BCUT2D eigenvalue weighted by Crippen LogP contribution is 2.45. The zero-order valence-electron chi connectivity index (χ0n) is 43.2. The Kier molecular flexibility index (Phi) is 16.1. The lowest BCUT2D eigenvalue weighted by atomic mass is 9.90. The van der Waals surface area contributed by atoms with Crippen LogP contribution in [0.25, 0.3) is 0 Å². The fraction of sp³-hybridized carbons (Fsp3) is 0.519. The van der Waals surface area contributed by atoms with Crippen LogP contribution in [0.5, 0.6) is 0 Å². The summed E-state index contributed by atoms with van der Waals surface area (Å²) in [6, 6.07) is 19.4. The molecule has 1 unspecified atom stereocenters. The first kappa shape index (κ1) is 51.7. The van der Waals surface area contributed by atoms with Gasteiger partial charge >= 0.3 is 12.1 Å². The van der Waals surface area contributed by atoms with Crippen LogP contribution in [-0.2, 0) is 33.8 Å². The largest absolute Gasteiger partial charge is 0.366 e. The third kappa shape index (κ3) is 11.8. The molecule has 4 heterocycles. The molecule has 72 heavy (non-hydrogen) atoms. The lowest BCUT2D eigenvalue weighted by molar-refractivity contribution is -0.118. The predicted molar refractivity (Wildman–Crippen MR) is 281 cm³/mol. The predicted octanol–water partition coefficient (Wildman–Crippen LogP) is 6.75. The molecule has 18 heteroatoms. The number of H-pyrrole nitrogens is 2. The van der Waals surface area contributed by atoms with Crippen LogP contribution in [0, 0.1) is 0 Å². The summed E-state index contributed by atoms with van der Waals surface area (Å²) in [6.07, 6.45) is 12.1. The number of urea groups is 2. The Labute approximate surface area is 424 Å². The highest BCUT2D eigenvalue weighted by atomic mass is 16.2. The first-order valence-electron chi connectivity index (χ1n) is 25.7. The van der Waals surface area contributed by atoms with Gasteiger partial charge in [-0.25, -0.2) is 9.59 Å². The molecule has 2 fully saturated rings. The summed E-state index contributed by atoms with van der Waals surface area (Å²) in [5.74, 6) is 1.07. The van der Waals surface area contributed by atoms with Gasteiger partial charge in [-0.3, -0.25) is 19.8 Å². The van der Waals surface area contributed by atoms with E-state index in [4.69, 9.17) is 10.2 Å². The van der Waals surface area contributed by atoms with E-state index >= 15 is 0 Å². The molecule has 2 aromatic heterocycles. The van der Waals surface area contributed by atoms with Crippen molar-refractivity contribution in [3.63, 3.8) is 0 Å². The second kappa shape index (κ2) is 22.4. The zero-order chi connectivity index (χ0) is 51.2. The van der Waals surface area contributed by atoms with Crippen LogP contribution in [0.15, 0.2) is 85.5 Å². The van der Waals surface area contributed by atoms with Crippen LogP contribution in [0.2, 0.25) is 0 Å². The van der Waals surface area contributed by atoms with E-state index < -0.39 is 11.1 Å². The minimum absolute atomic E-state index is 0.0320. The van der Waals surface area contributed by atoms with E-state index in [1.54, 1.807) is 6.08 Å². The van der Waals surface area contributed by atoms with Crippen LogP contribution in [-0.4, -0.2) is 129 Å². The van der Waals surface area contributed by atoms with Crippen molar-refractivity contribution in [1.29, 1.82) is 0 Å². The standard InChI is InChI=1S/C54H76N14O4/c1-9-45(69)55-37-23-16-25-39(29-37)58-50-42-32-68(52(72)60-44(34-66(7)8)36-21-14-11-15-22-36)54(4,48(42)62-64-50)28-18-27-46(70)56-38-24-17-26-40(30-38)57-49-41-31-67(53(2,3)47(41)61-63-49)51(71)59-43(33-65(5)6)35-19-12-10-13-20-35/h9-15,18-22,27,37-40,43-44H,1,16-17,23-26,28-34H2,2-8H3,(H,55,69)(H,56,70)(H,59,71)(H,60,72)(H2,57,61,63)(H2,58,62,64)/b27-18+/t37-,38+,39-,40-,43-,44-,54?/m1/s1. The van der Waals surface area contributed by atoms with Gasteiger partial charge in [0.15, 0.2) is 11.6 Å². The van der Waals surface area contributed by atoms with Crippen LogP contribution < -0.4 is 31.9 Å². The Morgan fingerprint density at radius 1 is 0.681 bits per heavy atom. The average molecular weight is 985 g/mol. The van der Waals surface area contributed by atoms with Crippen LogP contribution in [0.1, 0.15) is 124 Å². The molecule has 0 bridgehead atoms. The number of hydrogen-bond donors (Lipinski definition) is 8. The van der Waals surface area contributed by atoms with Crippen molar-refractivity contribution in [2.45, 2.75) is 139 Å². The SMILES string of the molecule is C=CC(=O)N[C@@H]1CCC[C@@H](Nc2n[nH]c3c2CN(C(=O)N[C@H](CN(C)C)c2ccccc2)C3(C)C/C=C/C(=O)N[C@H]2CCC[C@@H](Nc3n[nH]c4c3CN(C(=O)N[C@H](CN(C)C)c3ccccc3)C4(C)C)C2)C1. The first-order chi connectivity index (χ1) is 34.5. The third-order valence-corrected chi connectivity index (χ3v) is 15.1. The average Bonchev–Trinajstić information content (AvgIpc) is 4.09. The molecule has 386 valence electrons. The maximum atomic E-state index is 14.6. The minimum atomic E-state index is -0.861. The lowest BCUT2D eigenvalue weighted by Crippen LogP contribution is -2.49. The van der Waals surface area contributed by atoms with Crippen LogP contribution in [0.3, 0.4) is 0 Å². The fourth-order valence-corrected chi connectivity index (χ4v) is 11.2. The molecule has 4 aromatic rings. The van der Waals surface area contributed by atoms with Crippen LogP contribution in [0.4, 0.5) is 21.2 Å². The zero-order valence-corrected chi connectivity index (χ0v) is 43.2. The molecule has 4 aliphatic rings. The fourth-order valence-electron chi connectivity index (χ4n) is 11.2. The number of carbonyl (C=O) groups excluding carboxylic acids is 4. The van der Waals surface area contributed by atoms with Crippen molar-refractivity contribution >= 4 is 35.5 Å². The van der Waals surface area contributed by atoms with E-state index in [-0.39, 0.29) is 60.1 Å².